The Morgan fingerprint density at radius 3 is 2.34 bits per heavy atom. The van der Waals surface area contributed by atoms with E-state index in [0.29, 0.717) is 22.9 Å². The molecule has 1 aliphatic heterocycles. The number of nitrogens with zero attached hydrogens (tertiary/aromatic N) is 2. The Morgan fingerprint density at radius 2 is 1.66 bits per heavy atom. The van der Waals surface area contributed by atoms with Crippen LogP contribution in [-0.4, -0.2) is 23.0 Å². The second-order valence-electron chi connectivity index (χ2n) is 7.69. The van der Waals surface area contributed by atoms with Gasteiger partial charge in [-0.1, -0.05) is 48.0 Å². The maximum atomic E-state index is 12.7. The smallest absolute Gasteiger partial charge is 0.254 e. The van der Waals surface area contributed by atoms with Gasteiger partial charge in [0.1, 0.15) is 12.4 Å². The summed E-state index contributed by atoms with van der Waals surface area (Å²) < 4.78 is 5.92. The highest BCUT2D eigenvalue weighted by Gasteiger charge is 2.59. The third kappa shape index (κ3) is 3.15. The first-order valence-electron chi connectivity index (χ1n) is 9.68. The number of carbonyl (C=O) groups excluding carboxylic acids is 2. The van der Waals surface area contributed by atoms with Crippen molar-refractivity contribution in [3.63, 3.8) is 0 Å². The van der Waals surface area contributed by atoms with Crippen molar-refractivity contribution >= 4 is 29.6 Å². The summed E-state index contributed by atoms with van der Waals surface area (Å²) in [6.45, 7) is 0.378. The first-order valence-corrected chi connectivity index (χ1v) is 10.1. The van der Waals surface area contributed by atoms with Gasteiger partial charge in [-0.2, -0.15) is 10.1 Å². The zero-order valence-electron chi connectivity index (χ0n) is 15.6. The van der Waals surface area contributed by atoms with Gasteiger partial charge in [0.05, 0.1) is 18.1 Å². The number of fused-ring (bicyclic) bond motifs is 5. The summed E-state index contributed by atoms with van der Waals surface area (Å²) in [6.07, 6.45) is 6.59. The van der Waals surface area contributed by atoms with Crippen molar-refractivity contribution in [1.82, 2.24) is 5.01 Å². The van der Waals surface area contributed by atoms with Crippen LogP contribution < -0.4 is 4.74 Å². The molecule has 1 saturated heterocycles. The molecule has 2 amide bonds. The molecule has 0 unspecified atom stereocenters. The zero-order chi connectivity index (χ0) is 20.0. The lowest BCUT2D eigenvalue weighted by atomic mass is 9.85. The van der Waals surface area contributed by atoms with Crippen LogP contribution in [0.5, 0.6) is 5.75 Å². The van der Waals surface area contributed by atoms with Crippen molar-refractivity contribution < 1.29 is 14.3 Å². The van der Waals surface area contributed by atoms with Crippen LogP contribution >= 0.6 is 11.6 Å². The van der Waals surface area contributed by atoms with Gasteiger partial charge in [-0.3, -0.25) is 9.59 Å². The number of amides is 2. The molecule has 2 bridgehead atoms. The van der Waals surface area contributed by atoms with E-state index in [1.807, 2.05) is 48.5 Å². The molecule has 2 aromatic carbocycles. The molecule has 0 N–H and O–H groups in total. The molecule has 1 saturated carbocycles. The fraction of sp³-hybridized carbons (Fsp3) is 0.261. The molecule has 4 atom stereocenters. The Morgan fingerprint density at radius 1 is 1.00 bits per heavy atom. The highest BCUT2D eigenvalue weighted by Crippen LogP contribution is 2.52. The third-order valence-electron chi connectivity index (χ3n) is 5.99. The third-order valence-corrected chi connectivity index (χ3v) is 6.24. The van der Waals surface area contributed by atoms with Crippen molar-refractivity contribution in [2.24, 2.45) is 28.8 Å². The number of imide groups is 1. The van der Waals surface area contributed by atoms with E-state index in [0.717, 1.165) is 17.0 Å². The summed E-state index contributed by atoms with van der Waals surface area (Å²) in [7, 11) is 0. The maximum Gasteiger partial charge on any atom is 0.254 e. The lowest BCUT2D eigenvalue weighted by Crippen LogP contribution is -2.28. The Balaban J connectivity index is 1.32. The minimum atomic E-state index is -0.244. The maximum absolute atomic E-state index is 12.7. The van der Waals surface area contributed by atoms with Crippen LogP contribution in [0.1, 0.15) is 17.5 Å². The summed E-state index contributed by atoms with van der Waals surface area (Å²) in [5, 5.41) is 5.97. The quantitative estimate of drug-likeness (QED) is 0.427. The average molecular weight is 407 g/mol. The fourth-order valence-corrected chi connectivity index (χ4v) is 4.71. The van der Waals surface area contributed by atoms with E-state index in [9.17, 15) is 9.59 Å². The highest BCUT2D eigenvalue weighted by atomic mass is 35.5. The number of para-hydroxylation sites is 1. The number of rotatable bonds is 5. The van der Waals surface area contributed by atoms with Gasteiger partial charge in [0.15, 0.2) is 0 Å². The SMILES string of the molecule is O=C1[C@@H]2[C@H](C(=O)N1N=Cc1ccccc1OCc1ccc(Cl)cc1)[C@H]1C=C[C@H]2C1. The number of hydrogen-bond donors (Lipinski definition) is 0. The van der Waals surface area contributed by atoms with Crippen molar-refractivity contribution in [3.8, 4) is 5.75 Å². The molecule has 1 heterocycles. The average Bonchev–Trinajstić information content (AvgIpc) is 3.41. The lowest BCUT2D eigenvalue weighted by molar-refractivity contribution is -0.140. The lowest BCUT2D eigenvalue weighted by Gasteiger charge is -2.13. The van der Waals surface area contributed by atoms with Gasteiger partial charge < -0.3 is 4.74 Å². The normalized spacial score (nSPS) is 27.3. The molecule has 2 aliphatic carbocycles. The van der Waals surface area contributed by atoms with E-state index in [4.69, 9.17) is 16.3 Å². The van der Waals surface area contributed by atoms with E-state index >= 15 is 0 Å². The molecule has 2 fully saturated rings. The van der Waals surface area contributed by atoms with Crippen LogP contribution in [0.25, 0.3) is 0 Å². The number of carbonyl (C=O) groups is 2. The van der Waals surface area contributed by atoms with Gasteiger partial charge in [-0.15, -0.1) is 0 Å². The molecular weight excluding hydrogens is 388 g/mol. The first kappa shape index (κ1) is 18.1. The van der Waals surface area contributed by atoms with E-state index in [1.165, 1.54) is 6.21 Å². The van der Waals surface area contributed by atoms with Crippen molar-refractivity contribution in [2.45, 2.75) is 13.0 Å². The molecule has 146 valence electrons. The topological polar surface area (TPSA) is 59.0 Å². The number of hydrazone groups is 1. The van der Waals surface area contributed by atoms with Crippen molar-refractivity contribution in [3.05, 3.63) is 76.8 Å². The molecule has 5 nitrogen and oxygen atoms in total. The van der Waals surface area contributed by atoms with Gasteiger partial charge in [0.2, 0.25) is 0 Å². The largest absolute Gasteiger partial charge is 0.488 e. The Kier molecular flexibility index (Phi) is 4.47. The zero-order valence-corrected chi connectivity index (χ0v) is 16.3. The molecule has 3 aliphatic rings. The number of hydrogen-bond acceptors (Lipinski definition) is 4. The van der Waals surface area contributed by atoms with Gasteiger partial charge in [0, 0.05) is 10.6 Å². The summed E-state index contributed by atoms with van der Waals surface area (Å²) in [6, 6.07) is 14.9. The second-order valence-corrected chi connectivity index (χ2v) is 8.12. The highest BCUT2D eigenvalue weighted by molar-refractivity contribution is 6.30. The van der Waals surface area contributed by atoms with Crippen LogP contribution in [-0.2, 0) is 16.2 Å². The van der Waals surface area contributed by atoms with Crippen LogP contribution in [0.3, 0.4) is 0 Å². The van der Waals surface area contributed by atoms with Gasteiger partial charge in [0.25, 0.3) is 11.8 Å². The Labute approximate surface area is 173 Å². The Bertz CT molecular complexity index is 1000. The van der Waals surface area contributed by atoms with E-state index in [2.05, 4.69) is 17.3 Å². The van der Waals surface area contributed by atoms with Crippen molar-refractivity contribution in [1.29, 1.82) is 0 Å². The molecule has 6 heteroatoms. The summed E-state index contributed by atoms with van der Waals surface area (Å²) in [5.74, 6) is 0.123. The number of allylic oxidation sites excluding steroid dienone is 2. The standard InChI is InChI=1S/C23H19ClN2O3/c24-18-9-5-14(6-10-18)13-29-19-4-2-1-3-17(19)12-25-26-22(27)20-15-7-8-16(11-15)21(20)23(26)28/h1-10,12,15-16,20-21H,11,13H2/t15-,16-,20-,21+/m0/s1. The second kappa shape index (κ2) is 7.16. The molecule has 0 spiro atoms. The fourth-order valence-electron chi connectivity index (χ4n) is 4.58. The van der Waals surface area contributed by atoms with Gasteiger partial charge in [-0.05, 0) is 48.1 Å². The summed E-state index contributed by atoms with van der Waals surface area (Å²) in [4.78, 5) is 25.5. The van der Waals surface area contributed by atoms with E-state index < -0.39 is 0 Å². The summed E-state index contributed by atoms with van der Waals surface area (Å²) >= 11 is 5.92. The van der Waals surface area contributed by atoms with E-state index in [1.54, 1.807) is 0 Å². The number of ether oxygens (including phenoxy) is 1. The minimum Gasteiger partial charge on any atom is -0.488 e. The minimum absolute atomic E-state index is 0.177. The van der Waals surface area contributed by atoms with Crippen LogP contribution in [0, 0.1) is 23.7 Å². The van der Waals surface area contributed by atoms with Crippen molar-refractivity contribution in [2.75, 3.05) is 0 Å². The predicted octanol–water partition coefficient (Wildman–Crippen LogP) is 4.06. The molecule has 0 aromatic heterocycles. The first-order chi connectivity index (χ1) is 14.1. The van der Waals surface area contributed by atoms with Gasteiger partial charge in [-0.25, -0.2) is 0 Å². The van der Waals surface area contributed by atoms with Crippen LogP contribution in [0.4, 0.5) is 0 Å². The number of benzene rings is 2. The molecular formula is C23H19ClN2O3. The molecule has 2 aromatic rings. The molecule has 29 heavy (non-hydrogen) atoms. The van der Waals surface area contributed by atoms with E-state index in [-0.39, 0.29) is 35.5 Å². The number of halogens is 1. The molecule has 5 rings (SSSR count). The Hall–Kier alpha value is -2.92. The summed E-state index contributed by atoms with van der Waals surface area (Å²) in [5.41, 5.74) is 1.70. The van der Waals surface area contributed by atoms with Crippen LogP contribution in [0.15, 0.2) is 65.8 Å². The molecule has 0 radical (unpaired) electrons. The monoisotopic (exact) mass is 406 g/mol. The van der Waals surface area contributed by atoms with Crippen LogP contribution in [0.2, 0.25) is 5.02 Å². The predicted molar refractivity (Wildman–Crippen MR) is 109 cm³/mol. The van der Waals surface area contributed by atoms with Gasteiger partial charge >= 0.3 is 0 Å².